The minimum Gasteiger partial charge on any atom is -0.469 e. The third-order valence-corrected chi connectivity index (χ3v) is 2.07. The van der Waals surface area contributed by atoms with Crippen molar-refractivity contribution < 1.29 is 18.8 Å². The molecular weight excluding hydrogens is 217 g/mol. The third kappa shape index (κ3) is 2.53. The van der Waals surface area contributed by atoms with Crippen LogP contribution in [0.1, 0.15) is 11.1 Å². The van der Waals surface area contributed by atoms with Crippen molar-refractivity contribution in [2.45, 2.75) is 13.3 Å². The first-order valence-electron chi connectivity index (χ1n) is 4.46. The number of methoxy groups -OCH3 is 1. The summed E-state index contributed by atoms with van der Waals surface area (Å²) >= 11 is 0. The summed E-state index contributed by atoms with van der Waals surface area (Å²) in [5.74, 6) is -1.40. The molecule has 0 aromatic heterocycles. The van der Waals surface area contributed by atoms with E-state index in [0.29, 0.717) is 5.56 Å². The van der Waals surface area contributed by atoms with Crippen molar-refractivity contribution in [1.82, 2.24) is 0 Å². The number of nitro benzene ring substituents is 1. The van der Waals surface area contributed by atoms with Gasteiger partial charge < -0.3 is 4.74 Å². The van der Waals surface area contributed by atoms with Crippen LogP contribution in [0.5, 0.6) is 0 Å². The van der Waals surface area contributed by atoms with E-state index in [9.17, 15) is 19.3 Å². The molecule has 1 rings (SSSR count). The molecule has 0 fully saturated rings. The molecule has 0 spiro atoms. The molecular formula is C10H10FNO4. The van der Waals surface area contributed by atoms with Crippen LogP contribution in [-0.2, 0) is 16.0 Å². The van der Waals surface area contributed by atoms with Gasteiger partial charge in [-0.3, -0.25) is 14.9 Å². The fourth-order valence-electron chi connectivity index (χ4n) is 1.30. The maximum atomic E-state index is 13.3. The first-order chi connectivity index (χ1) is 7.45. The number of aryl methyl sites for hydroxylation is 1. The molecule has 5 nitrogen and oxygen atoms in total. The lowest BCUT2D eigenvalue weighted by Gasteiger charge is -2.03. The number of benzene rings is 1. The second-order valence-electron chi connectivity index (χ2n) is 3.26. The van der Waals surface area contributed by atoms with Crippen LogP contribution in [0.15, 0.2) is 12.1 Å². The van der Waals surface area contributed by atoms with E-state index in [1.165, 1.54) is 20.1 Å². The Morgan fingerprint density at radius 3 is 2.69 bits per heavy atom. The van der Waals surface area contributed by atoms with Gasteiger partial charge >= 0.3 is 11.7 Å². The van der Waals surface area contributed by atoms with Gasteiger partial charge in [0.25, 0.3) is 0 Å². The van der Waals surface area contributed by atoms with Crippen molar-refractivity contribution in [2.75, 3.05) is 7.11 Å². The number of halogens is 1. The summed E-state index contributed by atoms with van der Waals surface area (Å²) < 4.78 is 17.7. The van der Waals surface area contributed by atoms with E-state index < -0.39 is 22.4 Å². The van der Waals surface area contributed by atoms with Crippen molar-refractivity contribution in [3.05, 3.63) is 39.2 Å². The average Bonchev–Trinajstić information content (AvgIpc) is 2.22. The second kappa shape index (κ2) is 4.69. The molecule has 1 aromatic rings. The Bertz CT molecular complexity index is 445. The number of esters is 1. The van der Waals surface area contributed by atoms with Crippen LogP contribution >= 0.6 is 0 Å². The standard InChI is InChI=1S/C10H10FNO4/c1-6-3-7(5-9(13)16-2)4-8(10(6)11)12(14)15/h3-4H,5H2,1-2H3. The Labute approximate surface area is 91.0 Å². The van der Waals surface area contributed by atoms with Gasteiger partial charge in [0.15, 0.2) is 0 Å². The molecule has 1 aromatic carbocycles. The van der Waals surface area contributed by atoms with Crippen LogP contribution in [-0.4, -0.2) is 18.0 Å². The van der Waals surface area contributed by atoms with E-state index in [2.05, 4.69) is 4.74 Å². The number of nitro groups is 1. The van der Waals surface area contributed by atoms with Gasteiger partial charge in [0.2, 0.25) is 5.82 Å². The lowest BCUT2D eigenvalue weighted by Crippen LogP contribution is -2.06. The maximum Gasteiger partial charge on any atom is 0.309 e. The van der Waals surface area contributed by atoms with E-state index >= 15 is 0 Å². The molecule has 0 aliphatic rings. The highest BCUT2D eigenvalue weighted by molar-refractivity contribution is 5.72. The summed E-state index contributed by atoms with van der Waals surface area (Å²) in [7, 11) is 1.22. The molecule has 0 aliphatic heterocycles. The van der Waals surface area contributed by atoms with E-state index in [0.717, 1.165) is 6.07 Å². The smallest absolute Gasteiger partial charge is 0.309 e. The van der Waals surface area contributed by atoms with E-state index in [1.807, 2.05) is 0 Å². The zero-order valence-electron chi connectivity index (χ0n) is 8.82. The number of rotatable bonds is 3. The van der Waals surface area contributed by atoms with E-state index in [1.54, 1.807) is 0 Å². The Kier molecular flexibility index (Phi) is 3.55. The molecule has 16 heavy (non-hydrogen) atoms. The molecule has 0 saturated heterocycles. The van der Waals surface area contributed by atoms with Gasteiger partial charge in [-0.05, 0) is 18.1 Å². The Morgan fingerprint density at radius 1 is 1.56 bits per heavy atom. The van der Waals surface area contributed by atoms with Gasteiger partial charge in [-0.2, -0.15) is 4.39 Å². The first-order valence-corrected chi connectivity index (χ1v) is 4.46. The summed E-state index contributed by atoms with van der Waals surface area (Å²) in [6, 6.07) is 2.43. The zero-order valence-corrected chi connectivity index (χ0v) is 8.82. The Hall–Kier alpha value is -1.98. The average molecular weight is 227 g/mol. The lowest BCUT2D eigenvalue weighted by molar-refractivity contribution is -0.387. The Morgan fingerprint density at radius 2 is 2.19 bits per heavy atom. The molecule has 0 heterocycles. The van der Waals surface area contributed by atoms with Gasteiger partial charge in [-0.25, -0.2) is 0 Å². The molecule has 0 unspecified atom stereocenters. The third-order valence-electron chi connectivity index (χ3n) is 2.07. The highest BCUT2D eigenvalue weighted by Gasteiger charge is 2.18. The second-order valence-corrected chi connectivity index (χ2v) is 3.26. The molecule has 0 aliphatic carbocycles. The van der Waals surface area contributed by atoms with Crippen molar-refractivity contribution in [3.63, 3.8) is 0 Å². The summed E-state index contributed by atoms with van der Waals surface area (Å²) in [5.41, 5.74) is -0.135. The highest BCUT2D eigenvalue weighted by Crippen LogP contribution is 2.22. The summed E-state index contributed by atoms with van der Waals surface area (Å²) in [6.07, 6.45) is -0.113. The van der Waals surface area contributed by atoms with Crippen LogP contribution in [0, 0.1) is 22.9 Å². The van der Waals surface area contributed by atoms with Crippen molar-refractivity contribution in [2.24, 2.45) is 0 Å². The van der Waals surface area contributed by atoms with Crippen molar-refractivity contribution >= 4 is 11.7 Å². The van der Waals surface area contributed by atoms with E-state index in [-0.39, 0.29) is 12.0 Å². The van der Waals surface area contributed by atoms with Gasteiger partial charge in [0.05, 0.1) is 18.5 Å². The van der Waals surface area contributed by atoms with E-state index in [4.69, 9.17) is 0 Å². The fraction of sp³-hybridized carbons (Fsp3) is 0.300. The topological polar surface area (TPSA) is 69.4 Å². The maximum absolute atomic E-state index is 13.3. The predicted molar refractivity (Wildman–Crippen MR) is 53.5 cm³/mol. The molecule has 6 heteroatoms. The van der Waals surface area contributed by atoms with Gasteiger partial charge in [0.1, 0.15) is 0 Å². The Balaban J connectivity index is 3.14. The fourth-order valence-corrected chi connectivity index (χ4v) is 1.30. The summed E-state index contributed by atoms with van der Waals surface area (Å²) in [4.78, 5) is 20.7. The number of nitrogens with zero attached hydrogens (tertiary/aromatic N) is 1. The van der Waals surface area contributed by atoms with Crippen LogP contribution in [0.2, 0.25) is 0 Å². The first kappa shape index (κ1) is 12.1. The molecule has 0 radical (unpaired) electrons. The summed E-state index contributed by atoms with van der Waals surface area (Å²) in [5, 5.41) is 10.5. The predicted octanol–water partition coefficient (Wildman–Crippen LogP) is 1.76. The van der Waals surface area contributed by atoms with Crippen molar-refractivity contribution in [3.8, 4) is 0 Å². The molecule has 0 amide bonds. The highest BCUT2D eigenvalue weighted by atomic mass is 19.1. The van der Waals surface area contributed by atoms with Crippen LogP contribution in [0.25, 0.3) is 0 Å². The summed E-state index contributed by atoms with van der Waals surface area (Å²) in [6.45, 7) is 1.41. The van der Waals surface area contributed by atoms with Crippen LogP contribution in [0.4, 0.5) is 10.1 Å². The van der Waals surface area contributed by atoms with Crippen molar-refractivity contribution in [1.29, 1.82) is 0 Å². The molecule has 0 atom stereocenters. The molecule has 0 N–H and O–H groups in total. The SMILES string of the molecule is COC(=O)Cc1cc(C)c(F)c([N+](=O)[O-])c1. The molecule has 0 bridgehead atoms. The normalized spacial score (nSPS) is 9.94. The number of hydrogen-bond donors (Lipinski definition) is 0. The number of ether oxygens (including phenoxy) is 1. The van der Waals surface area contributed by atoms with Gasteiger partial charge in [0, 0.05) is 6.07 Å². The minimum absolute atomic E-state index is 0.113. The number of hydrogen-bond acceptors (Lipinski definition) is 4. The van der Waals surface area contributed by atoms with Crippen LogP contribution < -0.4 is 0 Å². The monoisotopic (exact) mass is 227 g/mol. The largest absolute Gasteiger partial charge is 0.469 e. The van der Waals surface area contributed by atoms with Crippen LogP contribution in [0.3, 0.4) is 0 Å². The van der Waals surface area contributed by atoms with Gasteiger partial charge in [-0.1, -0.05) is 6.07 Å². The quantitative estimate of drug-likeness (QED) is 0.448. The lowest BCUT2D eigenvalue weighted by atomic mass is 10.1. The minimum atomic E-state index is -0.876. The number of carbonyl (C=O) groups excluding carboxylic acids is 1. The molecule has 0 saturated carbocycles. The van der Waals surface area contributed by atoms with Gasteiger partial charge in [-0.15, -0.1) is 0 Å². The molecule has 86 valence electrons. The zero-order chi connectivity index (χ0) is 12.3. The number of carbonyl (C=O) groups is 1.